The third-order valence-corrected chi connectivity index (χ3v) is 4.79. The maximum Gasteiger partial charge on any atom is 0.258 e. The first kappa shape index (κ1) is 20.0. The lowest BCUT2D eigenvalue weighted by atomic mass is 10.1. The fourth-order valence-electron chi connectivity index (χ4n) is 2.72. The molecule has 0 bridgehead atoms. The molecular formula is C20H14Cl4N2O. The Labute approximate surface area is 177 Å². The molecule has 2 aromatic carbocycles. The van der Waals surface area contributed by atoms with Crippen molar-refractivity contribution in [1.82, 2.24) is 4.98 Å². The van der Waals surface area contributed by atoms with E-state index in [-0.39, 0.29) is 12.5 Å². The lowest BCUT2D eigenvalue weighted by Gasteiger charge is -2.24. The Morgan fingerprint density at radius 2 is 1.48 bits per heavy atom. The van der Waals surface area contributed by atoms with Gasteiger partial charge >= 0.3 is 0 Å². The molecule has 3 nitrogen and oxygen atoms in total. The Morgan fingerprint density at radius 1 is 0.926 bits per heavy atom. The Morgan fingerprint density at radius 3 is 2.04 bits per heavy atom. The van der Waals surface area contributed by atoms with E-state index >= 15 is 0 Å². The largest absolute Gasteiger partial charge is 0.304 e. The highest BCUT2D eigenvalue weighted by Gasteiger charge is 2.21. The van der Waals surface area contributed by atoms with Crippen LogP contribution in [0.2, 0.25) is 20.1 Å². The van der Waals surface area contributed by atoms with Gasteiger partial charge in [0.25, 0.3) is 5.91 Å². The highest BCUT2D eigenvalue weighted by atomic mass is 35.5. The predicted molar refractivity (Wildman–Crippen MR) is 112 cm³/mol. The zero-order valence-electron chi connectivity index (χ0n) is 14.2. The summed E-state index contributed by atoms with van der Waals surface area (Å²) in [5, 5.41) is 1.86. The third kappa shape index (κ3) is 4.94. The van der Waals surface area contributed by atoms with Gasteiger partial charge in [-0.05, 0) is 60.5 Å². The van der Waals surface area contributed by atoms with Gasteiger partial charge in [-0.25, -0.2) is 0 Å². The number of carbonyl (C=O) groups excluding carboxylic acids is 1. The molecule has 0 N–H and O–H groups in total. The molecule has 0 unspecified atom stereocenters. The molecule has 3 rings (SSSR count). The Bertz CT molecular complexity index is 967. The van der Waals surface area contributed by atoms with Crippen molar-refractivity contribution in [3.63, 3.8) is 0 Å². The van der Waals surface area contributed by atoms with Crippen molar-refractivity contribution in [3.05, 3.63) is 91.6 Å². The molecule has 0 atom stereocenters. The lowest BCUT2D eigenvalue weighted by Crippen LogP contribution is -2.31. The fourth-order valence-corrected chi connectivity index (χ4v) is 3.80. The quantitative estimate of drug-likeness (QED) is 0.445. The summed E-state index contributed by atoms with van der Waals surface area (Å²) in [5.41, 5.74) is 2.66. The first-order valence-corrected chi connectivity index (χ1v) is 9.48. The number of hydrogen-bond acceptors (Lipinski definition) is 2. The van der Waals surface area contributed by atoms with Gasteiger partial charge in [0.05, 0.1) is 6.54 Å². The lowest BCUT2D eigenvalue weighted by molar-refractivity contribution is 0.0984. The minimum atomic E-state index is -0.204. The van der Waals surface area contributed by atoms with Crippen molar-refractivity contribution in [2.75, 3.05) is 4.90 Å². The molecule has 1 amide bonds. The number of aromatic nitrogens is 1. The number of nitrogens with zero attached hydrogens (tertiary/aromatic N) is 2. The first-order chi connectivity index (χ1) is 12.8. The van der Waals surface area contributed by atoms with E-state index in [4.69, 9.17) is 46.4 Å². The van der Waals surface area contributed by atoms with Crippen LogP contribution in [0, 0.1) is 6.92 Å². The molecule has 7 heteroatoms. The topological polar surface area (TPSA) is 33.2 Å². The number of rotatable bonds is 4. The number of benzene rings is 2. The average molecular weight is 440 g/mol. The van der Waals surface area contributed by atoms with Crippen LogP contribution in [0.3, 0.4) is 0 Å². The van der Waals surface area contributed by atoms with Crippen LogP contribution in [0.1, 0.15) is 21.5 Å². The molecule has 0 aliphatic carbocycles. The summed E-state index contributed by atoms with van der Waals surface area (Å²) in [6.45, 7) is 2.08. The zero-order chi connectivity index (χ0) is 19.6. The van der Waals surface area contributed by atoms with Crippen LogP contribution < -0.4 is 4.90 Å². The highest BCUT2D eigenvalue weighted by Crippen LogP contribution is 2.29. The number of carbonyl (C=O) groups is 1. The van der Waals surface area contributed by atoms with Gasteiger partial charge < -0.3 is 4.90 Å². The first-order valence-electron chi connectivity index (χ1n) is 7.97. The van der Waals surface area contributed by atoms with Crippen molar-refractivity contribution < 1.29 is 4.79 Å². The number of aryl methyl sites for hydroxylation is 1. The van der Waals surface area contributed by atoms with Crippen LogP contribution in [0.25, 0.3) is 0 Å². The van der Waals surface area contributed by atoms with E-state index in [9.17, 15) is 4.79 Å². The summed E-state index contributed by atoms with van der Waals surface area (Å²) in [6, 6.07) is 11.8. The van der Waals surface area contributed by atoms with Crippen LogP contribution in [-0.4, -0.2) is 10.9 Å². The molecular weight excluding hydrogens is 426 g/mol. The van der Waals surface area contributed by atoms with E-state index in [2.05, 4.69) is 4.98 Å². The minimum absolute atomic E-state index is 0.204. The van der Waals surface area contributed by atoms with E-state index in [1.165, 1.54) is 0 Å². The fraction of sp³-hybridized carbons (Fsp3) is 0.100. The maximum atomic E-state index is 13.3. The Hall–Kier alpha value is -1.78. The van der Waals surface area contributed by atoms with Crippen LogP contribution >= 0.6 is 46.4 Å². The smallest absolute Gasteiger partial charge is 0.258 e. The van der Waals surface area contributed by atoms with Gasteiger partial charge in [0, 0.05) is 43.7 Å². The second kappa shape index (κ2) is 8.49. The summed E-state index contributed by atoms with van der Waals surface area (Å²) in [5.74, 6) is -0.204. The van der Waals surface area contributed by atoms with E-state index in [1.54, 1.807) is 59.8 Å². The van der Waals surface area contributed by atoms with Crippen molar-refractivity contribution in [2.45, 2.75) is 13.5 Å². The van der Waals surface area contributed by atoms with E-state index in [0.717, 1.165) is 11.1 Å². The van der Waals surface area contributed by atoms with Gasteiger partial charge in [-0.3, -0.25) is 9.78 Å². The van der Waals surface area contributed by atoms with Gasteiger partial charge in [-0.2, -0.15) is 0 Å². The molecule has 0 saturated heterocycles. The molecule has 3 aromatic rings. The summed E-state index contributed by atoms with van der Waals surface area (Å²) in [7, 11) is 0. The van der Waals surface area contributed by atoms with Gasteiger partial charge in [-0.1, -0.05) is 46.4 Å². The zero-order valence-corrected chi connectivity index (χ0v) is 17.2. The van der Waals surface area contributed by atoms with Gasteiger partial charge in [0.1, 0.15) is 0 Å². The highest BCUT2D eigenvalue weighted by molar-refractivity contribution is 6.35. The molecule has 0 fully saturated rings. The minimum Gasteiger partial charge on any atom is -0.304 e. The van der Waals surface area contributed by atoms with Crippen molar-refractivity contribution in [1.29, 1.82) is 0 Å². The summed E-state index contributed by atoms with van der Waals surface area (Å²) < 4.78 is 0. The molecule has 0 aliphatic rings. The normalized spacial score (nSPS) is 10.7. The molecule has 1 heterocycles. The average Bonchev–Trinajstić information content (AvgIpc) is 2.58. The predicted octanol–water partition coefficient (Wildman–Crippen LogP) is 6.85. The Balaban J connectivity index is 2.08. The molecule has 0 saturated carbocycles. The Kier molecular flexibility index (Phi) is 6.28. The van der Waals surface area contributed by atoms with Crippen molar-refractivity contribution >= 4 is 58.0 Å². The third-order valence-electron chi connectivity index (χ3n) is 3.92. The summed E-state index contributed by atoms with van der Waals surface area (Å²) in [4.78, 5) is 18.9. The molecule has 27 heavy (non-hydrogen) atoms. The number of hydrogen-bond donors (Lipinski definition) is 0. The number of pyridine rings is 1. The SMILES string of the molecule is Cc1cnccc1C(=O)N(Cc1cc(Cl)cc(Cl)c1)c1cc(Cl)cc(Cl)c1. The number of anilines is 1. The summed E-state index contributed by atoms with van der Waals surface area (Å²) in [6.07, 6.45) is 3.23. The van der Waals surface area contributed by atoms with Gasteiger partial charge in [0.15, 0.2) is 0 Å². The second-order valence-electron chi connectivity index (χ2n) is 5.99. The molecule has 0 radical (unpaired) electrons. The standard InChI is InChI=1S/C20H14Cl4N2O/c1-12-10-25-3-2-19(12)20(27)26(18-8-16(23)7-17(24)9-18)11-13-4-14(21)6-15(22)5-13/h2-10H,11H2,1H3. The maximum absolute atomic E-state index is 13.3. The summed E-state index contributed by atoms with van der Waals surface area (Å²) >= 11 is 24.5. The van der Waals surface area contributed by atoms with Gasteiger partial charge in [-0.15, -0.1) is 0 Å². The van der Waals surface area contributed by atoms with E-state index in [0.29, 0.717) is 31.3 Å². The monoisotopic (exact) mass is 438 g/mol. The van der Waals surface area contributed by atoms with E-state index in [1.807, 2.05) is 6.92 Å². The molecule has 0 aliphatic heterocycles. The van der Waals surface area contributed by atoms with E-state index < -0.39 is 0 Å². The number of amides is 1. The van der Waals surface area contributed by atoms with Gasteiger partial charge in [0.2, 0.25) is 0 Å². The van der Waals surface area contributed by atoms with Crippen molar-refractivity contribution in [3.8, 4) is 0 Å². The molecule has 1 aromatic heterocycles. The van der Waals surface area contributed by atoms with Crippen LogP contribution in [0.5, 0.6) is 0 Å². The van der Waals surface area contributed by atoms with Crippen LogP contribution in [-0.2, 0) is 6.54 Å². The molecule has 0 spiro atoms. The van der Waals surface area contributed by atoms with Crippen molar-refractivity contribution in [2.24, 2.45) is 0 Å². The second-order valence-corrected chi connectivity index (χ2v) is 7.73. The number of halogens is 4. The molecule has 138 valence electrons. The van der Waals surface area contributed by atoms with Crippen LogP contribution in [0.4, 0.5) is 5.69 Å². The van der Waals surface area contributed by atoms with Crippen LogP contribution in [0.15, 0.2) is 54.9 Å².